The molecule has 9 nitrogen and oxygen atoms in total. The Balaban J connectivity index is 0.00000320. The lowest BCUT2D eigenvalue weighted by Crippen LogP contribution is -2.39. The summed E-state index contributed by atoms with van der Waals surface area (Å²) in [5.41, 5.74) is 6.63. The third-order valence-corrected chi connectivity index (χ3v) is 6.62. The number of nitrogens with one attached hydrogen (secondary N) is 1. The first kappa shape index (κ1) is 27.1. The molecule has 0 bridgehead atoms. The molecule has 37 heavy (non-hydrogen) atoms. The summed E-state index contributed by atoms with van der Waals surface area (Å²) in [6.45, 7) is -0.0392. The fourth-order valence-corrected chi connectivity index (χ4v) is 4.23. The number of carbonyl (C=O) groups is 2. The first-order valence-electron chi connectivity index (χ1n) is 12.4. The number of likely N-dealkylation sites (tertiary alicyclic amines) is 1. The number of rotatable bonds is 10. The van der Waals surface area contributed by atoms with Crippen LogP contribution in [0.15, 0.2) is 22.6 Å². The Hall–Kier alpha value is -2.92. The second-order valence-electron chi connectivity index (χ2n) is 9.83. The Bertz CT molecular complexity index is 1140. The molecule has 0 spiro atoms. The molecule has 12 heteroatoms. The molecule has 2 heterocycles. The predicted octanol–water partition coefficient (Wildman–Crippen LogP) is 3.91. The Labute approximate surface area is 219 Å². The summed E-state index contributed by atoms with van der Waals surface area (Å²) in [4.78, 5) is 31.5. The van der Waals surface area contributed by atoms with Crippen LogP contribution in [0.2, 0.25) is 0 Å². The highest BCUT2D eigenvalue weighted by molar-refractivity contribution is 5.94. The highest BCUT2D eigenvalue weighted by Crippen LogP contribution is 2.37. The fourth-order valence-electron chi connectivity index (χ4n) is 4.23. The van der Waals surface area contributed by atoms with Crippen molar-refractivity contribution in [2.24, 2.45) is 17.6 Å². The van der Waals surface area contributed by atoms with E-state index in [2.05, 4.69) is 15.0 Å². The zero-order chi connectivity index (χ0) is 25.4. The number of oxazole rings is 1. The van der Waals surface area contributed by atoms with Gasteiger partial charge >= 0.3 is 6.61 Å². The number of amides is 2. The van der Waals surface area contributed by atoms with Crippen LogP contribution in [-0.4, -0.2) is 54.0 Å². The van der Waals surface area contributed by atoms with Crippen molar-refractivity contribution in [2.75, 3.05) is 19.7 Å². The van der Waals surface area contributed by atoms with Crippen LogP contribution in [0.1, 0.15) is 61.3 Å². The van der Waals surface area contributed by atoms with E-state index >= 15 is 0 Å². The summed E-state index contributed by atoms with van der Waals surface area (Å²) >= 11 is 0. The predicted molar refractivity (Wildman–Crippen MR) is 132 cm³/mol. The van der Waals surface area contributed by atoms with E-state index in [1.54, 1.807) is 11.8 Å². The van der Waals surface area contributed by atoms with E-state index in [0.717, 1.165) is 25.7 Å². The van der Waals surface area contributed by atoms with Gasteiger partial charge in [0.05, 0.1) is 12.6 Å². The van der Waals surface area contributed by atoms with Crippen LogP contribution in [0.25, 0.3) is 11.5 Å². The van der Waals surface area contributed by atoms with Crippen molar-refractivity contribution in [3.8, 4) is 23.0 Å². The molecule has 1 aromatic carbocycles. The number of nitrogens with zero attached hydrogens (tertiary/aromatic N) is 2. The summed E-state index contributed by atoms with van der Waals surface area (Å²) in [6, 6.07) is 3.70. The standard InChI is InChI=1S/C25H30F2N4O5.ClH/c1-13(28)21-20(24(33)31-9-8-17(11-31)29-22(32)15-4-5-15)30-23(36-21)16-6-7-18(35-25(26)27)19(10-16)34-12-14-2-3-14;/h6-7,10,13-15,17,25H,2-5,8-9,11-12,28H2,1H3,(H,29,32);1H/t13-,17-;/m0./s1. The normalized spacial score (nSPS) is 19.9. The number of halogens is 3. The Morgan fingerprint density at radius 1 is 1.22 bits per heavy atom. The minimum atomic E-state index is -2.99. The quantitative estimate of drug-likeness (QED) is 0.469. The van der Waals surface area contributed by atoms with E-state index in [0.29, 0.717) is 37.6 Å². The largest absolute Gasteiger partial charge is 0.489 e. The topological polar surface area (TPSA) is 120 Å². The minimum absolute atomic E-state index is 0. The molecule has 202 valence electrons. The lowest BCUT2D eigenvalue weighted by molar-refractivity contribution is -0.122. The van der Waals surface area contributed by atoms with Crippen LogP contribution in [0.5, 0.6) is 11.5 Å². The van der Waals surface area contributed by atoms with Crippen LogP contribution in [0.4, 0.5) is 8.78 Å². The third kappa shape index (κ3) is 6.51. The van der Waals surface area contributed by atoms with Crippen molar-refractivity contribution in [3.63, 3.8) is 0 Å². The van der Waals surface area contributed by atoms with Crippen molar-refractivity contribution in [2.45, 2.75) is 57.7 Å². The SMILES string of the molecule is C[C@H](N)c1oc(-c2ccc(OC(F)F)c(OCC3CC3)c2)nc1C(=O)N1CC[C@H](NC(=O)C2CC2)C1.Cl. The van der Waals surface area contributed by atoms with E-state index in [1.165, 1.54) is 18.2 Å². The highest BCUT2D eigenvalue weighted by Gasteiger charge is 2.36. The summed E-state index contributed by atoms with van der Waals surface area (Å²) in [7, 11) is 0. The van der Waals surface area contributed by atoms with E-state index < -0.39 is 12.7 Å². The monoisotopic (exact) mass is 540 g/mol. The molecule has 2 aromatic rings. The molecule has 2 amide bonds. The van der Waals surface area contributed by atoms with Gasteiger partial charge in [-0.15, -0.1) is 12.4 Å². The molecule has 2 atom stereocenters. The smallest absolute Gasteiger partial charge is 0.387 e. The average molecular weight is 541 g/mol. The number of ether oxygens (including phenoxy) is 2. The molecule has 2 aliphatic carbocycles. The van der Waals surface area contributed by atoms with Crippen LogP contribution in [0, 0.1) is 11.8 Å². The maximum atomic E-state index is 13.3. The van der Waals surface area contributed by atoms with Gasteiger partial charge in [-0.2, -0.15) is 8.78 Å². The van der Waals surface area contributed by atoms with Crippen LogP contribution < -0.4 is 20.5 Å². The molecule has 3 fully saturated rings. The molecular formula is C25H31ClF2N4O5. The van der Waals surface area contributed by atoms with Gasteiger partial charge in [0, 0.05) is 30.6 Å². The number of carbonyl (C=O) groups excluding carboxylic acids is 2. The maximum absolute atomic E-state index is 13.3. The number of hydrogen-bond donors (Lipinski definition) is 2. The van der Waals surface area contributed by atoms with Gasteiger partial charge in [-0.05, 0) is 63.1 Å². The number of aromatic nitrogens is 1. The molecule has 0 unspecified atom stereocenters. The van der Waals surface area contributed by atoms with Crippen molar-refractivity contribution >= 4 is 24.2 Å². The van der Waals surface area contributed by atoms with Gasteiger partial charge < -0.3 is 29.8 Å². The molecule has 1 aliphatic heterocycles. The molecule has 3 N–H and O–H groups in total. The van der Waals surface area contributed by atoms with Crippen molar-refractivity contribution in [3.05, 3.63) is 29.7 Å². The van der Waals surface area contributed by atoms with Gasteiger partial charge in [-0.3, -0.25) is 9.59 Å². The highest BCUT2D eigenvalue weighted by atomic mass is 35.5. The molecule has 0 radical (unpaired) electrons. The van der Waals surface area contributed by atoms with Gasteiger partial charge in [0.2, 0.25) is 11.8 Å². The van der Waals surface area contributed by atoms with Crippen LogP contribution >= 0.6 is 12.4 Å². The van der Waals surface area contributed by atoms with Crippen molar-refractivity contribution in [1.82, 2.24) is 15.2 Å². The second kappa shape index (κ2) is 11.2. The van der Waals surface area contributed by atoms with E-state index in [4.69, 9.17) is 14.9 Å². The molecule has 2 saturated carbocycles. The minimum Gasteiger partial charge on any atom is -0.489 e. The fraction of sp³-hybridized carbons (Fsp3) is 0.560. The van der Waals surface area contributed by atoms with E-state index in [-0.39, 0.29) is 65.0 Å². The molecular weight excluding hydrogens is 510 g/mol. The second-order valence-corrected chi connectivity index (χ2v) is 9.83. The van der Waals surface area contributed by atoms with Gasteiger partial charge in [0.15, 0.2) is 23.0 Å². The lowest BCUT2D eigenvalue weighted by Gasteiger charge is -2.17. The van der Waals surface area contributed by atoms with Gasteiger partial charge in [-0.1, -0.05) is 0 Å². The zero-order valence-electron chi connectivity index (χ0n) is 20.5. The molecule has 1 saturated heterocycles. The summed E-state index contributed by atoms with van der Waals surface area (Å²) in [5, 5.41) is 3.01. The van der Waals surface area contributed by atoms with Gasteiger partial charge in [0.25, 0.3) is 5.91 Å². The molecule has 3 aliphatic rings. The summed E-state index contributed by atoms with van der Waals surface area (Å²) in [6.07, 6.45) is 4.58. The third-order valence-electron chi connectivity index (χ3n) is 6.62. The van der Waals surface area contributed by atoms with Crippen LogP contribution in [0.3, 0.4) is 0 Å². The lowest BCUT2D eigenvalue weighted by atomic mass is 10.2. The van der Waals surface area contributed by atoms with Gasteiger partial charge in [-0.25, -0.2) is 4.98 Å². The Morgan fingerprint density at radius 2 is 1.97 bits per heavy atom. The Kier molecular flexibility index (Phi) is 8.23. The average Bonchev–Trinajstić information content (AvgIpc) is 3.76. The zero-order valence-corrected chi connectivity index (χ0v) is 21.3. The number of nitrogens with two attached hydrogens (primary N) is 1. The summed E-state index contributed by atoms with van der Waals surface area (Å²) in [5.74, 6) is 0.659. The van der Waals surface area contributed by atoms with Crippen molar-refractivity contribution < 1.29 is 32.3 Å². The van der Waals surface area contributed by atoms with Crippen molar-refractivity contribution in [1.29, 1.82) is 0 Å². The Morgan fingerprint density at radius 3 is 2.62 bits per heavy atom. The number of alkyl halides is 2. The number of benzene rings is 1. The molecule has 5 rings (SSSR count). The number of hydrogen-bond acceptors (Lipinski definition) is 7. The van der Waals surface area contributed by atoms with Gasteiger partial charge in [0.1, 0.15) is 0 Å². The van der Waals surface area contributed by atoms with E-state index in [1.807, 2.05) is 0 Å². The van der Waals surface area contributed by atoms with E-state index in [9.17, 15) is 18.4 Å². The molecule has 1 aromatic heterocycles. The first-order valence-corrected chi connectivity index (χ1v) is 12.4. The summed E-state index contributed by atoms with van der Waals surface area (Å²) < 4.78 is 42.0. The van der Waals surface area contributed by atoms with Crippen LogP contribution in [-0.2, 0) is 4.79 Å². The first-order chi connectivity index (χ1) is 17.3. The maximum Gasteiger partial charge on any atom is 0.387 e.